The van der Waals surface area contributed by atoms with Crippen molar-refractivity contribution in [3.8, 4) is 0 Å². The molecule has 6 heteroatoms. The van der Waals surface area contributed by atoms with E-state index in [2.05, 4.69) is 83.1 Å². The van der Waals surface area contributed by atoms with E-state index in [9.17, 15) is 0 Å². The Morgan fingerprint density at radius 3 is 0.500 bits per heavy atom. The molecule has 0 nitrogen and oxygen atoms in total. The molecule has 6 atom stereocenters. The first-order valence-corrected chi connectivity index (χ1v) is 30.1. The predicted molar refractivity (Wildman–Crippen MR) is 201 cm³/mol. The fourth-order valence-electron chi connectivity index (χ4n) is 4.20. The quantitative estimate of drug-likeness (QED) is 0.0906. The molecule has 0 amide bonds. The third-order valence-corrected chi connectivity index (χ3v) is 25.8. The van der Waals surface area contributed by atoms with Crippen LogP contribution >= 0.6 is 0 Å². The van der Waals surface area contributed by atoms with Gasteiger partial charge in [-0.05, 0) is 0 Å². The first kappa shape index (κ1) is 42.4. The van der Waals surface area contributed by atoms with E-state index >= 15 is 0 Å². The summed E-state index contributed by atoms with van der Waals surface area (Å²) in [7, 11) is 0. The summed E-state index contributed by atoms with van der Waals surface area (Å²) in [4.78, 5) is 5.37. The van der Waals surface area contributed by atoms with Crippen molar-refractivity contribution in [2.75, 3.05) is 0 Å². The molecule has 246 valence electrons. The molecular weight excluding hydrogens is 906 g/mol. The Hall–Kier alpha value is 2.34. The van der Waals surface area contributed by atoms with Gasteiger partial charge in [-0.25, -0.2) is 0 Å². The second-order valence-electron chi connectivity index (χ2n) is 12.1. The van der Waals surface area contributed by atoms with Gasteiger partial charge in [-0.3, -0.25) is 0 Å². The Kier molecular flexibility index (Phi) is 24.7. The van der Waals surface area contributed by atoms with Crippen molar-refractivity contribution in [3.63, 3.8) is 0 Å². The normalized spacial score (nSPS) is 16.3. The summed E-state index contributed by atoms with van der Waals surface area (Å²) in [5.74, 6) is 0. The van der Waals surface area contributed by atoms with Gasteiger partial charge in [-0.15, -0.1) is 0 Å². The molecule has 1 rings (SSSR count). The van der Waals surface area contributed by atoms with Gasteiger partial charge in [0.15, 0.2) is 0 Å². The zero-order valence-electron chi connectivity index (χ0n) is 29.4. The van der Waals surface area contributed by atoms with Gasteiger partial charge in [0.1, 0.15) is 0 Å². The van der Waals surface area contributed by atoms with E-state index in [1.165, 1.54) is 70.4 Å². The third kappa shape index (κ3) is 15.5. The summed E-state index contributed by atoms with van der Waals surface area (Å²) in [5.41, 5.74) is 11.6. The Bertz CT molecular complexity index is 658. The average molecular weight is 973 g/mol. The molecule has 42 heavy (non-hydrogen) atoms. The van der Waals surface area contributed by atoms with Crippen molar-refractivity contribution in [3.05, 3.63) is 33.4 Å². The zero-order chi connectivity index (χ0) is 31.7. The topological polar surface area (TPSA) is 0 Å². The Morgan fingerprint density at radius 2 is 0.405 bits per heavy atom. The van der Waals surface area contributed by atoms with E-state index in [0.29, 0.717) is 89.7 Å². The van der Waals surface area contributed by atoms with Gasteiger partial charge in [0.05, 0.1) is 0 Å². The van der Waals surface area contributed by atoms with E-state index in [1.54, 1.807) is 0 Å². The van der Waals surface area contributed by atoms with Gasteiger partial charge in [0.25, 0.3) is 0 Å². The molecule has 0 aliphatic rings. The van der Waals surface area contributed by atoms with E-state index < -0.39 is 0 Å². The molecule has 1 aromatic rings. The Labute approximate surface area is 302 Å². The molecule has 0 aliphatic carbocycles. The molecule has 6 unspecified atom stereocenters. The Balaban J connectivity index is 4.05. The van der Waals surface area contributed by atoms with E-state index in [-0.39, 0.29) is 0 Å². The van der Waals surface area contributed by atoms with Crippen molar-refractivity contribution in [2.24, 2.45) is 0 Å². The van der Waals surface area contributed by atoms with Crippen molar-refractivity contribution in [2.45, 2.75) is 182 Å². The van der Waals surface area contributed by atoms with Crippen LogP contribution in [0.25, 0.3) is 0 Å². The SMILES string of the molecule is CCC(C)[Se]Cc1c(C[Se]C(C)CC)c(C[Se]C(C)CC)c(C[Se]C(C)CC)c(C[Se]C(C)CC)c1C[Se]C(C)CC. The molecular formula is C36H66Se6. The third-order valence-electron chi connectivity index (χ3n) is 8.71. The second kappa shape index (κ2) is 24.5. The zero-order valence-corrected chi connectivity index (χ0v) is 39.7. The average Bonchev–Trinajstić information content (AvgIpc) is 3.01. The molecule has 1 aromatic carbocycles. The first-order chi connectivity index (χ1) is 20.1. The standard InChI is InChI=1S/C36H66Se6/c1-13-25(7)37-19-31-32(20-38-26(8)14-2)34(22-40-28(10)16-4)36(24-42-30(12)18-6)35(23-41-29(11)17-5)33(31)21-39-27(9)15-3/h25-30H,13-24H2,1-12H3. The van der Waals surface area contributed by atoms with Crippen molar-refractivity contribution < 1.29 is 0 Å². The van der Waals surface area contributed by atoms with Crippen LogP contribution in [-0.4, -0.2) is 89.7 Å². The van der Waals surface area contributed by atoms with Crippen molar-refractivity contribution >= 4 is 89.7 Å². The number of hydrogen-bond donors (Lipinski definition) is 0. The minimum atomic E-state index is 0.714. The van der Waals surface area contributed by atoms with Crippen LogP contribution in [0.4, 0.5) is 0 Å². The van der Waals surface area contributed by atoms with Gasteiger partial charge in [-0.2, -0.15) is 0 Å². The maximum atomic E-state index is 2.54. The number of benzene rings is 1. The summed E-state index contributed by atoms with van der Waals surface area (Å²) in [6.07, 6.45) is 8.09. The van der Waals surface area contributed by atoms with Gasteiger partial charge >= 0.3 is 306 Å². The fraction of sp³-hybridized carbons (Fsp3) is 0.833. The summed E-state index contributed by atoms with van der Waals surface area (Å²) < 4.78 is 0. The molecule has 0 heterocycles. The molecule has 0 spiro atoms. The van der Waals surface area contributed by atoms with Crippen LogP contribution in [0.3, 0.4) is 0 Å². The van der Waals surface area contributed by atoms with Crippen LogP contribution in [-0.2, 0) is 31.9 Å². The molecule has 0 saturated carbocycles. The molecule has 0 saturated heterocycles. The van der Waals surface area contributed by atoms with Gasteiger partial charge < -0.3 is 0 Å². The van der Waals surface area contributed by atoms with Crippen LogP contribution in [0.5, 0.6) is 0 Å². The van der Waals surface area contributed by atoms with Crippen LogP contribution < -0.4 is 0 Å². The van der Waals surface area contributed by atoms with Gasteiger partial charge in [-0.1, -0.05) is 0 Å². The minimum absolute atomic E-state index is 0.714. The van der Waals surface area contributed by atoms with Crippen molar-refractivity contribution in [1.82, 2.24) is 0 Å². The molecule has 0 aliphatic heterocycles. The van der Waals surface area contributed by atoms with Gasteiger partial charge in [0, 0.05) is 0 Å². The number of hydrogen-bond acceptors (Lipinski definition) is 0. The molecule has 0 fully saturated rings. The van der Waals surface area contributed by atoms with Crippen LogP contribution in [0.1, 0.15) is 155 Å². The summed E-state index contributed by atoms with van der Waals surface area (Å²) >= 11 is 4.28. The summed E-state index contributed by atoms with van der Waals surface area (Å²) in [5, 5.41) is 8.44. The Morgan fingerprint density at radius 1 is 0.286 bits per heavy atom. The van der Waals surface area contributed by atoms with Crippen molar-refractivity contribution in [1.29, 1.82) is 0 Å². The summed E-state index contributed by atoms with van der Waals surface area (Å²) in [6, 6.07) is 0. The van der Waals surface area contributed by atoms with Crippen LogP contribution in [0, 0.1) is 0 Å². The van der Waals surface area contributed by atoms with Crippen LogP contribution in [0.2, 0.25) is 28.9 Å². The second-order valence-corrected chi connectivity index (χ2v) is 30.0. The molecule has 0 bridgehead atoms. The monoisotopic (exact) mass is 978 g/mol. The fourth-order valence-corrected chi connectivity index (χ4v) is 17.2. The maximum absolute atomic E-state index is 2.54. The molecule has 0 N–H and O–H groups in total. The van der Waals surface area contributed by atoms with E-state index in [1.807, 2.05) is 33.4 Å². The summed E-state index contributed by atoms with van der Waals surface area (Å²) in [6.45, 7) is 29.8. The number of rotatable bonds is 24. The first-order valence-electron chi connectivity index (χ1n) is 16.9. The molecule has 0 aromatic heterocycles. The molecule has 0 radical (unpaired) electrons. The van der Waals surface area contributed by atoms with Gasteiger partial charge in [0.2, 0.25) is 0 Å². The predicted octanol–water partition coefficient (Wildman–Crippen LogP) is 10.2. The van der Waals surface area contributed by atoms with E-state index in [4.69, 9.17) is 0 Å². The van der Waals surface area contributed by atoms with Crippen LogP contribution in [0.15, 0.2) is 0 Å². The van der Waals surface area contributed by atoms with E-state index in [0.717, 1.165) is 28.9 Å².